The van der Waals surface area contributed by atoms with Crippen LogP contribution in [-0.4, -0.2) is 38.4 Å². The predicted octanol–water partition coefficient (Wildman–Crippen LogP) is 4.05. The molecule has 0 bridgehead atoms. The highest BCUT2D eigenvalue weighted by molar-refractivity contribution is 7.12. The Bertz CT molecular complexity index is 1040. The molecule has 136 valence electrons. The molecular formula is C19H14ClN3O3S. The number of hydrogen-bond acceptors (Lipinski definition) is 5. The zero-order valence-corrected chi connectivity index (χ0v) is 15.6. The number of aromatic nitrogens is 2. The third-order valence-corrected chi connectivity index (χ3v) is 5.85. The predicted molar refractivity (Wildman–Crippen MR) is 102 cm³/mol. The third kappa shape index (κ3) is 3.20. The summed E-state index contributed by atoms with van der Waals surface area (Å²) in [7, 11) is 0. The van der Waals surface area contributed by atoms with Gasteiger partial charge in [0.1, 0.15) is 11.5 Å². The van der Waals surface area contributed by atoms with E-state index in [0.29, 0.717) is 17.8 Å². The summed E-state index contributed by atoms with van der Waals surface area (Å²) in [6.45, 7) is 0.411. The first-order valence-electron chi connectivity index (χ1n) is 8.22. The lowest BCUT2D eigenvalue weighted by molar-refractivity contribution is 0.104. The van der Waals surface area contributed by atoms with Crippen LogP contribution in [0.15, 0.2) is 48.2 Å². The van der Waals surface area contributed by atoms with Crippen molar-refractivity contribution in [3.63, 3.8) is 0 Å². The van der Waals surface area contributed by atoms with Gasteiger partial charge in [0.15, 0.2) is 0 Å². The standard InChI is InChI=1S/C19H14ClN3O3S/c20-18-14(8-21-10-22-18)17(24)15-7-12(9-27-15)16-13-4-2-1-3-11(13)5-6-23(16)19(25)26/h1-4,7-10,16H,5-6H2,(H,25,26). The lowest BCUT2D eigenvalue weighted by Gasteiger charge is -2.35. The molecular weight excluding hydrogens is 386 g/mol. The topological polar surface area (TPSA) is 83.4 Å². The van der Waals surface area contributed by atoms with Crippen molar-refractivity contribution in [3.05, 3.63) is 80.5 Å². The van der Waals surface area contributed by atoms with Crippen molar-refractivity contribution in [2.75, 3.05) is 6.54 Å². The van der Waals surface area contributed by atoms with E-state index in [4.69, 9.17) is 11.6 Å². The monoisotopic (exact) mass is 399 g/mol. The van der Waals surface area contributed by atoms with Crippen molar-refractivity contribution >= 4 is 34.8 Å². The molecule has 1 N–H and O–H groups in total. The van der Waals surface area contributed by atoms with Gasteiger partial charge >= 0.3 is 6.09 Å². The second kappa shape index (κ2) is 7.09. The lowest BCUT2D eigenvalue weighted by Crippen LogP contribution is -2.39. The maximum absolute atomic E-state index is 12.7. The molecule has 0 fully saturated rings. The molecule has 1 unspecified atom stereocenters. The van der Waals surface area contributed by atoms with Gasteiger partial charge in [-0.15, -0.1) is 11.3 Å². The number of halogens is 1. The van der Waals surface area contributed by atoms with E-state index in [1.165, 1.54) is 28.8 Å². The number of rotatable bonds is 3. The second-order valence-corrected chi connectivity index (χ2v) is 7.40. The Morgan fingerprint density at radius 1 is 1.30 bits per heavy atom. The molecule has 6 nitrogen and oxygen atoms in total. The maximum Gasteiger partial charge on any atom is 0.408 e. The van der Waals surface area contributed by atoms with Gasteiger partial charge in [-0.3, -0.25) is 9.69 Å². The SMILES string of the molecule is O=C(c1cc(C2c3ccccc3CCN2C(=O)O)cs1)c1cncnc1Cl. The summed E-state index contributed by atoms with van der Waals surface area (Å²) in [6, 6.07) is 9.10. The van der Waals surface area contributed by atoms with Crippen LogP contribution in [0.1, 0.15) is 38.0 Å². The molecule has 0 aliphatic carbocycles. The Labute approximate surface area is 164 Å². The third-order valence-electron chi connectivity index (χ3n) is 4.60. The fourth-order valence-electron chi connectivity index (χ4n) is 3.35. The Morgan fingerprint density at radius 3 is 2.89 bits per heavy atom. The highest BCUT2D eigenvalue weighted by Gasteiger charge is 2.33. The Morgan fingerprint density at radius 2 is 2.11 bits per heavy atom. The number of benzene rings is 1. The minimum Gasteiger partial charge on any atom is -0.465 e. The average molecular weight is 400 g/mol. The van der Waals surface area contributed by atoms with E-state index in [-0.39, 0.29) is 16.5 Å². The fourth-order valence-corrected chi connectivity index (χ4v) is 4.40. The summed E-state index contributed by atoms with van der Waals surface area (Å²) in [4.78, 5) is 34.1. The first-order chi connectivity index (χ1) is 13.1. The van der Waals surface area contributed by atoms with E-state index in [9.17, 15) is 14.7 Å². The van der Waals surface area contributed by atoms with Gasteiger partial charge in [0.05, 0.1) is 16.5 Å². The molecule has 0 spiro atoms. The summed E-state index contributed by atoms with van der Waals surface area (Å²) in [6.07, 6.45) is 2.36. The first kappa shape index (κ1) is 17.6. The molecule has 1 aliphatic heterocycles. The Balaban J connectivity index is 1.74. The normalized spacial score (nSPS) is 16.0. The number of carboxylic acid groups (broad SMARTS) is 1. The van der Waals surface area contributed by atoms with Gasteiger partial charge < -0.3 is 5.11 Å². The van der Waals surface area contributed by atoms with Crippen LogP contribution >= 0.6 is 22.9 Å². The van der Waals surface area contributed by atoms with Crippen molar-refractivity contribution in [2.24, 2.45) is 0 Å². The summed E-state index contributed by atoms with van der Waals surface area (Å²) in [5.41, 5.74) is 3.07. The quantitative estimate of drug-likeness (QED) is 0.530. The van der Waals surface area contributed by atoms with Crippen LogP contribution < -0.4 is 0 Å². The summed E-state index contributed by atoms with van der Waals surface area (Å²) in [5, 5.41) is 11.6. The maximum atomic E-state index is 12.7. The highest BCUT2D eigenvalue weighted by Crippen LogP contribution is 2.37. The van der Waals surface area contributed by atoms with Crippen LogP contribution in [0, 0.1) is 0 Å². The number of hydrogen-bond donors (Lipinski definition) is 1. The van der Waals surface area contributed by atoms with Gasteiger partial charge in [0.25, 0.3) is 0 Å². The van der Waals surface area contributed by atoms with E-state index in [0.717, 1.165) is 16.7 Å². The summed E-state index contributed by atoms with van der Waals surface area (Å²) in [5.74, 6) is -0.275. The zero-order valence-electron chi connectivity index (χ0n) is 14.0. The van der Waals surface area contributed by atoms with Crippen LogP contribution in [0.3, 0.4) is 0 Å². The molecule has 0 radical (unpaired) electrons. The van der Waals surface area contributed by atoms with Crippen LogP contribution in [0.2, 0.25) is 5.15 Å². The van der Waals surface area contributed by atoms with E-state index in [2.05, 4.69) is 9.97 Å². The van der Waals surface area contributed by atoms with Crippen LogP contribution in [0.25, 0.3) is 0 Å². The minimum absolute atomic E-state index is 0.0973. The molecule has 1 atom stereocenters. The van der Waals surface area contributed by atoms with Crippen molar-refractivity contribution < 1.29 is 14.7 Å². The first-order valence-corrected chi connectivity index (χ1v) is 9.48. The molecule has 1 aliphatic rings. The van der Waals surface area contributed by atoms with Crippen LogP contribution in [-0.2, 0) is 6.42 Å². The van der Waals surface area contributed by atoms with Gasteiger partial charge in [-0.05, 0) is 34.6 Å². The Hall–Kier alpha value is -2.77. The molecule has 0 saturated heterocycles. The van der Waals surface area contributed by atoms with E-state index < -0.39 is 12.1 Å². The molecule has 27 heavy (non-hydrogen) atoms. The van der Waals surface area contributed by atoms with Crippen LogP contribution in [0.5, 0.6) is 0 Å². The summed E-state index contributed by atoms with van der Waals surface area (Å²) < 4.78 is 0. The molecule has 0 saturated carbocycles. The molecule has 4 rings (SSSR count). The van der Waals surface area contributed by atoms with Crippen molar-refractivity contribution in [1.82, 2.24) is 14.9 Å². The molecule has 3 heterocycles. The second-order valence-electron chi connectivity index (χ2n) is 6.13. The average Bonchev–Trinajstić information content (AvgIpc) is 3.16. The van der Waals surface area contributed by atoms with E-state index in [1.54, 1.807) is 6.07 Å². The number of amides is 1. The highest BCUT2D eigenvalue weighted by atomic mass is 35.5. The molecule has 2 aromatic heterocycles. The minimum atomic E-state index is -0.979. The van der Waals surface area contributed by atoms with Crippen molar-refractivity contribution in [2.45, 2.75) is 12.5 Å². The Kier molecular flexibility index (Phi) is 4.63. The number of carbonyl (C=O) groups is 2. The zero-order chi connectivity index (χ0) is 19.0. The smallest absolute Gasteiger partial charge is 0.408 e. The molecule has 3 aromatic rings. The lowest BCUT2D eigenvalue weighted by atomic mass is 9.89. The number of ketones is 1. The fraction of sp³-hybridized carbons (Fsp3) is 0.158. The molecule has 8 heteroatoms. The number of carbonyl (C=O) groups excluding carboxylic acids is 1. The molecule has 1 aromatic carbocycles. The van der Waals surface area contributed by atoms with Gasteiger partial charge in [0, 0.05) is 12.7 Å². The van der Waals surface area contributed by atoms with Gasteiger partial charge in [0.2, 0.25) is 5.78 Å². The van der Waals surface area contributed by atoms with Gasteiger partial charge in [-0.25, -0.2) is 14.8 Å². The van der Waals surface area contributed by atoms with Crippen LogP contribution in [0.4, 0.5) is 4.79 Å². The largest absolute Gasteiger partial charge is 0.465 e. The van der Waals surface area contributed by atoms with E-state index in [1.807, 2.05) is 29.6 Å². The number of nitrogens with zero attached hydrogens (tertiary/aromatic N) is 3. The van der Waals surface area contributed by atoms with Crippen molar-refractivity contribution in [3.8, 4) is 0 Å². The number of fused-ring (bicyclic) bond motifs is 1. The summed E-state index contributed by atoms with van der Waals surface area (Å²) >= 11 is 7.26. The van der Waals surface area contributed by atoms with Gasteiger partial charge in [-0.2, -0.15) is 0 Å². The van der Waals surface area contributed by atoms with Gasteiger partial charge in [-0.1, -0.05) is 35.9 Å². The number of thiophene rings is 1. The molecule has 1 amide bonds. The van der Waals surface area contributed by atoms with Crippen molar-refractivity contribution in [1.29, 1.82) is 0 Å². The van der Waals surface area contributed by atoms with E-state index >= 15 is 0 Å².